The highest BCUT2D eigenvalue weighted by molar-refractivity contribution is 5.87. The molecular weight excluding hydrogens is 584 g/mol. The van der Waals surface area contributed by atoms with Crippen molar-refractivity contribution in [1.29, 1.82) is 0 Å². The zero-order valence-electron chi connectivity index (χ0n) is 29.3. The molecule has 0 aromatic heterocycles. The molecule has 0 heterocycles. The molecular formula is C37H68N2O7. The van der Waals surface area contributed by atoms with Crippen LogP contribution in [0.2, 0.25) is 0 Å². The molecule has 9 nitrogen and oxygen atoms in total. The fourth-order valence-electron chi connectivity index (χ4n) is 5.33. The fraction of sp³-hybridized carbons (Fsp3) is 0.838. The predicted molar refractivity (Wildman–Crippen MR) is 185 cm³/mol. The number of carboxylic acid groups (broad SMARTS) is 1. The number of rotatable bonds is 33. The van der Waals surface area contributed by atoms with E-state index in [1.165, 1.54) is 89.9 Å². The Balaban J connectivity index is 4.35. The van der Waals surface area contributed by atoms with Crippen LogP contribution in [0.1, 0.15) is 174 Å². The van der Waals surface area contributed by atoms with Gasteiger partial charge < -0.3 is 25.6 Å². The molecule has 0 aliphatic heterocycles. The number of hydrogen-bond donors (Lipinski definition) is 4. The van der Waals surface area contributed by atoms with Crippen molar-refractivity contribution in [3.63, 3.8) is 0 Å². The Bertz CT molecular complexity index is 803. The minimum absolute atomic E-state index is 0.112. The second-order valence-electron chi connectivity index (χ2n) is 12.7. The van der Waals surface area contributed by atoms with Gasteiger partial charge in [0.2, 0.25) is 11.8 Å². The second-order valence-corrected chi connectivity index (χ2v) is 12.7. The molecule has 2 unspecified atom stereocenters. The highest BCUT2D eigenvalue weighted by Gasteiger charge is 2.18. The second kappa shape index (κ2) is 32.5. The molecule has 0 saturated carbocycles. The molecule has 0 aromatic rings. The number of nitrogens with one attached hydrogen (secondary N) is 2. The van der Waals surface area contributed by atoms with Gasteiger partial charge in [0.1, 0.15) is 12.1 Å². The predicted octanol–water partition coefficient (Wildman–Crippen LogP) is 7.92. The number of aliphatic carboxylic acids is 1. The monoisotopic (exact) mass is 653 g/mol. The highest BCUT2D eigenvalue weighted by atomic mass is 16.5. The van der Waals surface area contributed by atoms with Crippen LogP contribution in [-0.4, -0.2) is 59.3 Å². The van der Waals surface area contributed by atoms with Crippen molar-refractivity contribution in [3.05, 3.63) is 12.2 Å². The maximum absolute atomic E-state index is 12.6. The van der Waals surface area contributed by atoms with Crippen molar-refractivity contribution >= 4 is 23.8 Å². The van der Waals surface area contributed by atoms with Gasteiger partial charge in [-0.3, -0.25) is 14.4 Å². The first kappa shape index (κ1) is 43.6. The van der Waals surface area contributed by atoms with Crippen molar-refractivity contribution in [1.82, 2.24) is 10.6 Å². The summed E-state index contributed by atoms with van der Waals surface area (Å²) < 4.78 is 5.87. The zero-order valence-corrected chi connectivity index (χ0v) is 29.3. The SMILES string of the molecule is CCCCCCCCC/C=C\C(CCCCCCC(=O)NCC(=O)NC(CO)C(=O)O)OC(=O)CCCCCCCCCCCC. The number of carbonyl (C=O) groups excluding carboxylic acids is 3. The first-order valence-electron chi connectivity index (χ1n) is 18.6. The summed E-state index contributed by atoms with van der Waals surface area (Å²) in [5, 5.41) is 22.5. The molecule has 0 radical (unpaired) electrons. The molecule has 0 spiro atoms. The van der Waals surface area contributed by atoms with E-state index in [0.29, 0.717) is 12.8 Å². The van der Waals surface area contributed by atoms with Gasteiger partial charge in [0, 0.05) is 12.8 Å². The molecule has 0 aliphatic rings. The van der Waals surface area contributed by atoms with E-state index in [1.807, 2.05) is 0 Å². The number of carboxylic acids is 1. The number of hydrogen-bond acceptors (Lipinski definition) is 6. The van der Waals surface area contributed by atoms with E-state index in [9.17, 15) is 19.2 Å². The van der Waals surface area contributed by atoms with Crippen molar-refractivity contribution in [2.24, 2.45) is 0 Å². The molecule has 2 amide bonds. The summed E-state index contributed by atoms with van der Waals surface area (Å²) >= 11 is 0. The van der Waals surface area contributed by atoms with E-state index < -0.39 is 24.5 Å². The molecule has 268 valence electrons. The number of allylic oxidation sites excluding steroid dienone is 1. The molecule has 9 heteroatoms. The summed E-state index contributed by atoms with van der Waals surface area (Å²) in [6, 6.07) is -1.39. The number of amides is 2. The number of ether oxygens (including phenoxy) is 1. The number of carbonyl (C=O) groups is 4. The molecule has 0 aliphatic carbocycles. The molecule has 2 atom stereocenters. The Morgan fingerprint density at radius 1 is 0.652 bits per heavy atom. The van der Waals surface area contributed by atoms with E-state index in [-0.39, 0.29) is 30.9 Å². The molecule has 0 saturated heterocycles. The quantitative estimate of drug-likeness (QED) is 0.0320. The van der Waals surface area contributed by atoms with Crippen molar-refractivity contribution in [2.45, 2.75) is 187 Å². The molecule has 0 fully saturated rings. The lowest BCUT2D eigenvalue weighted by atomic mass is 10.1. The van der Waals surface area contributed by atoms with Gasteiger partial charge >= 0.3 is 11.9 Å². The minimum Gasteiger partial charge on any atom is -0.480 e. The Labute approximate surface area is 280 Å². The van der Waals surface area contributed by atoms with Crippen LogP contribution in [0.25, 0.3) is 0 Å². The van der Waals surface area contributed by atoms with Crippen LogP contribution in [0.15, 0.2) is 12.2 Å². The summed E-state index contributed by atoms with van der Waals surface area (Å²) in [7, 11) is 0. The van der Waals surface area contributed by atoms with Crippen LogP contribution in [-0.2, 0) is 23.9 Å². The Morgan fingerprint density at radius 2 is 1.15 bits per heavy atom. The van der Waals surface area contributed by atoms with Gasteiger partial charge in [-0.25, -0.2) is 4.79 Å². The van der Waals surface area contributed by atoms with Crippen molar-refractivity contribution in [3.8, 4) is 0 Å². The average molecular weight is 653 g/mol. The van der Waals surface area contributed by atoms with Gasteiger partial charge in [-0.05, 0) is 44.6 Å². The van der Waals surface area contributed by atoms with Gasteiger partial charge in [-0.2, -0.15) is 0 Å². The largest absolute Gasteiger partial charge is 0.480 e. The summed E-state index contributed by atoms with van der Waals surface area (Å²) in [5.41, 5.74) is 0. The lowest BCUT2D eigenvalue weighted by Crippen LogP contribution is -2.47. The Kier molecular flexibility index (Phi) is 30.8. The van der Waals surface area contributed by atoms with E-state index in [1.54, 1.807) is 0 Å². The highest BCUT2D eigenvalue weighted by Crippen LogP contribution is 2.15. The van der Waals surface area contributed by atoms with E-state index in [4.69, 9.17) is 14.9 Å². The lowest BCUT2D eigenvalue weighted by Gasteiger charge is -2.15. The topological polar surface area (TPSA) is 142 Å². The number of unbranched alkanes of at least 4 members (excludes halogenated alkanes) is 19. The zero-order chi connectivity index (χ0) is 34.1. The third-order valence-electron chi connectivity index (χ3n) is 8.25. The normalized spacial score (nSPS) is 12.6. The smallest absolute Gasteiger partial charge is 0.328 e. The number of aliphatic hydroxyl groups is 1. The Hall–Kier alpha value is -2.42. The summed E-state index contributed by atoms with van der Waals surface area (Å²) in [4.78, 5) is 47.3. The number of aliphatic hydroxyl groups excluding tert-OH is 1. The summed E-state index contributed by atoms with van der Waals surface area (Å²) in [6.07, 6.45) is 31.1. The van der Waals surface area contributed by atoms with Gasteiger partial charge in [-0.15, -0.1) is 0 Å². The van der Waals surface area contributed by atoms with Gasteiger partial charge in [0.15, 0.2) is 0 Å². The standard InChI is InChI=1S/C37H68N2O7/c1-3-5-7-9-11-13-15-17-19-25-29-36(43)46-32(26-22-18-16-14-12-10-8-6-4-2)27-23-20-21-24-28-34(41)38-30-35(42)39-33(31-40)37(44)45/h22,26,32-33,40H,3-21,23-25,27-31H2,1-2H3,(H,38,41)(H,39,42)(H,44,45)/b26-22-. The summed E-state index contributed by atoms with van der Waals surface area (Å²) in [5.74, 6) is -2.39. The maximum Gasteiger partial charge on any atom is 0.328 e. The fourth-order valence-corrected chi connectivity index (χ4v) is 5.33. The summed E-state index contributed by atoms with van der Waals surface area (Å²) in [6.45, 7) is 3.42. The van der Waals surface area contributed by atoms with E-state index in [2.05, 4.69) is 36.6 Å². The molecule has 46 heavy (non-hydrogen) atoms. The molecule has 4 N–H and O–H groups in total. The van der Waals surface area contributed by atoms with Crippen molar-refractivity contribution in [2.75, 3.05) is 13.2 Å². The number of esters is 1. The van der Waals surface area contributed by atoms with E-state index >= 15 is 0 Å². The van der Waals surface area contributed by atoms with Crippen molar-refractivity contribution < 1.29 is 34.1 Å². The molecule has 0 aromatic carbocycles. The van der Waals surface area contributed by atoms with Crippen LogP contribution in [0, 0.1) is 0 Å². The van der Waals surface area contributed by atoms with E-state index in [0.717, 1.165) is 51.4 Å². The third kappa shape index (κ3) is 29.0. The first-order valence-corrected chi connectivity index (χ1v) is 18.6. The van der Waals surface area contributed by atoms with Gasteiger partial charge in [-0.1, -0.05) is 129 Å². The van der Waals surface area contributed by atoms with Crippen LogP contribution in [0.4, 0.5) is 0 Å². The van der Waals surface area contributed by atoms with Crippen LogP contribution < -0.4 is 10.6 Å². The molecule has 0 rings (SSSR count). The van der Waals surface area contributed by atoms with Gasteiger partial charge in [0.05, 0.1) is 13.2 Å². The molecule has 0 bridgehead atoms. The Morgan fingerprint density at radius 3 is 1.70 bits per heavy atom. The van der Waals surface area contributed by atoms with Crippen LogP contribution >= 0.6 is 0 Å². The lowest BCUT2D eigenvalue weighted by molar-refractivity contribution is -0.147. The maximum atomic E-state index is 12.6. The minimum atomic E-state index is -1.39. The van der Waals surface area contributed by atoms with Crippen LogP contribution in [0.3, 0.4) is 0 Å². The first-order chi connectivity index (χ1) is 22.3. The third-order valence-corrected chi connectivity index (χ3v) is 8.25. The van der Waals surface area contributed by atoms with Crippen LogP contribution in [0.5, 0.6) is 0 Å². The van der Waals surface area contributed by atoms with Gasteiger partial charge in [0.25, 0.3) is 0 Å². The average Bonchev–Trinajstić information content (AvgIpc) is 3.03.